The second kappa shape index (κ2) is 11.1. The van der Waals surface area contributed by atoms with Crippen LogP contribution in [0.25, 0.3) is 0 Å². The lowest BCUT2D eigenvalue weighted by molar-refractivity contribution is -0.131. The molecule has 3 fully saturated rings. The molecule has 0 bridgehead atoms. The van der Waals surface area contributed by atoms with Crippen LogP contribution in [0.1, 0.15) is 36.8 Å². The highest BCUT2D eigenvalue weighted by Crippen LogP contribution is 2.65. The quantitative estimate of drug-likeness (QED) is 0.221. The average molecular weight is 769 g/mol. The van der Waals surface area contributed by atoms with E-state index in [0.29, 0.717) is 37.3 Å². The molecule has 0 radical (unpaired) electrons. The van der Waals surface area contributed by atoms with Crippen LogP contribution in [-0.2, 0) is 19.2 Å². The molecule has 8 nitrogen and oxygen atoms in total. The number of hydrogen-bond donors (Lipinski definition) is 1. The minimum Gasteiger partial charge on any atom is -0.503 e. The maximum atomic E-state index is 14.6. The van der Waals surface area contributed by atoms with Crippen molar-refractivity contribution in [3.8, 4) is 11.5 Å². The van der Waals surface area contributed by atoms with Crippen LogP contribution >= 0.6 is 43.5 Å². The van der Waals surface area contributed by atoms with Gasteiger partial charge in [0.25, 0.3) is 0 Å². The van der Waals surface area contributed by atoms with Crippen molar-refractivity contribution in [2.75, 3.05) is 16.9 Å². The van der Waals surface area contributed by atoms with Gasteiger partial charge in [0.15, 0.2) is 11.5 Å². The Kier molecular flexibility index (Phi) is 7.49. The van der Waals surface area contributed by atoms with Gasteiger partial charge < -0.3 is 9.84 Å². The molecule has 46 heavy (non-hydrogen) atoms. The summed E-state index contributed by atoms with van der Waals surface area (Å²) < 4.78 is 6.35. The molecule has 2 aliphatic carbocycles. The van der Waals surface area contributed by atoms with E-state index in [1.165, 1.54) is 16.9 Å². The first-order valence-electron chi connectivity index (χ1n) is 14.9. The summed E-state index contributed by atoms with van der Waals surface area (Å²) in [6, 6.07) is 15.6. The van der Waals surface area contributed by atoms with Crippen LogP contribution in [0.2, 0.25) is 5.02 Å². The number of ether oxygens (including phenoxy) is 1. The molecule has 6 atom stereocenters. The fourth-order valence-electron chi connectivity index (χ4n) is 8.14. The van der Waals surface area contributed by atoms with Gasteiger partial charge in [-0.25, -0.2) is 9.80 Å². The van der Waals surface area contributed by atoms with Gasteiger partial charge in [-0.2, -0.15) is 0 Å². The number of nitrogens with zero attached hydrogens (tertiary/aromatic N) is 2. The maximum absolute atomic E-state index is 14.6. The van der Waals surface area contributed by atoms with Crippen LogP contribution in [0, 0.1) is 36.0 Å². The zero-order chi connectivity index (χ0) is 32.8. The number of carbonyl (C=O) groups is 4. The number of amides is 4. The molecule has 6 unspecified atom stereocenters. The Balaban J connectivity index is 1.41. The molecule has 11 heteroatoms. The smallest absolute Gasteiger partial charge is 0.241 e. The highest BCUT2D eigenvalue weighted by molar-refractivity contribution is 9.13. The van der Waals surface area contributed by atoms with Crippen molar-refractivity contribution >= 4 is 78.5 Å². The minimum absolute atomic E-state index is 0.117. The molecule has 236 valence electrons. The molecule has 4 aliphatic rings. The number of phenolic OH excluding ortho intramolecular Hbond substituents is 1. The summed E-state index contributed by atoms with van der Waals surface area (Å²) in [7, 11) is 1.44. The van der Waals surface area contributed by atoms with E-state index >= 15 is 0 Å². The molecular formula is C35H29Br2ClN2O6. The van der Waals surface area contributed by atoms with Crippen LogP contribution < -0.4 is 14.5 Å². The number of hydrogen-bond acceptors (Lipinski definition) is 6. The first-order chi connectivity index (χ1) is 21.9. The molecule has 3 aromatic carbocycles. The highest BCUT2D eigenvalue weighted by atomic mass is 79.9. The van der Waals surface area contributed by atoms with Crippen LogP contribution in [0.15, 0.2) is 75.2 Å². The standard InChI is InChI=1S/C35H29Br2ClN2O6/c1-16-9-10-18(13-24(16)38)39-31(42)20-12-11-19-21(26(20)33(39)44)14-23-32(43)40(17-7-5-4-6-8-17)34(45)35(23,2)27(19)22-15-25(46-3)30(41)29(37)28(22)36/h4-11,13,15,20-21,23,26-27,41H,12,14H2,1-3H3. The fraction of sp³-hybridized carbons (Fsp3) is 0.314. The summed E-state index contributed by atoms with van der Waals surface area (Å²) in [6.45, 7) is 3.67. The maximum Gasteiger partial charge on any atom is 0.241 e. The second-order valence-corrected chi connectivity index (χ2v) is 14.6. The first kappa shape index (κ1) is 31.1. The van der Waals surface area contributed by atoms with Gasteiger partial charge in [0.05, 0.1) is 46.1 Å². The van der Waals surface area contributed by atoms with E-state index < -0.39 is 35.0 Å². The summed E-state index contributed by atoms with van der Waals surface area (Å²) in [5.41, 5.74) is 1.91. The zero-order valence-corrected chi connectivity index (χ0v) is 29.0. The van der Waals surface area contributed by atoms with Crippen molar-refractivity contribution in [1.82, 2.24) is 0 Å². The number of carbonyl (C=O) groups excluding carboxylic acids is 4. The predicted molar refractivity (Wildman–Crippen MR) is 180 cm³/mol. The Hall–Kier alpha value is -3.47. The molecular weight excluding hydrogens is 740 g/mol. The molecule has 3 aromatic rings. The van der Waals surface area contributed by atoms with E-state index in [-0.39, 0.29) is 41.5 Å². The second-order valence-electron chi connectivity index (χ2n) is 12.6. The average Bonchev–Trinajstić information content (AvgIpc) is 3.41. The van der Waals surface area contributed by atoms with Gasteiger partial charge in [-0.05, 0) is 106 Å². The van der Waals surface area contributed by atoms with Gasteiger partial charge in [-0.3, -0.25) is 19.2 Å². The molecule has 1 N–H and O–H groups in total. The van der Waals surface area contributed by atoms with E-state index in [1.807, 2.05) is 26.0 Å². The topological polar surface area (TPSA) is 104 Å². The SMILES string of the molecule is COc1cc(C2C3=CCC4C(=O)N(c5ccc(C)c(Cl)c5)C(=O)C4C3CC3C(=O)N(c4ccccc4)C(=O)C32C)c(Br)c(Br)c1O. The Bertz CT molecular complexity index is 1900. The van der Waals surface area contributed by atoms with Gasteiger partial charge >= 0.3 is 0 Å². The van der Waals surface area contributed by atoms with Crippen molar-refractivity contribution in [3.05, 3.63) is 91.3 Å². The Morgan fingerprint density at radius 2 is 1.63 bits per heavy atom. The van der Waals surface area contributed by atoms with E-state index in [4.69, 9.17) is 16.3 Å². The summed E-state index contributed by atoms with van der Waals surface area (Å²) in [6.07, 6.45) is 2.51. The number of methoxy groups -OCH3 is 1. The number of para-hydroxylation sites is 1. The normalized spacial score (nSPS) is 28.7. The number of allylic oxidation sites excluding steroid dienone is 2. The summed E-state index contributed by atoms with van der Waals surface area (Å²) in [5, 5.41) is 11.2. The van der Waals surface area contributed by atoms with Crippen LogP contribution in [0.3, 0.4) is 0 Å². The minimum atomic E-state index is -1.25. The van der Waals surface area contributed by atoms with Crippen molar-refractivity contribution < 1.29 is 29.0 Å². The lowest BCUT2D eigenvalue weighted by Crippen LogP contribution is -2.49. The van der Waals surface area contributed by atoms with Crippen molar-refractivity contribution in [2.24, 2.45) is 29.1 Å². The van der Waals surface area contributed by atoms with E-state index in [0.717, 1.165) is 11.1 Å². The number of rotatable bonds is 4. The molecule has 2 aliphatic heterocycles. The van der Waals surface area contributed by atoms with Gasteiger partial charge in [-0.1, -0.05) is 47.5 Å². The predicted octanol–water partition coefficient (Wildman–Crippen LogP) is 7.32. The molecule has 2 saturated heterocycles. The summed E-state index contributed by atoms with van der Waals surface area (Å²) >= 11 is 13.5. The Morgan fingerprint density at radius 1 is 0.913 bits per heavy atom. The summed E-state index contributed by atoms with van der Waals surface area (Å²) in [4.78, 5) is 59.7. The van der Waals surface area contributed by atoms with Crippen LogP contribution in [-0.4, -0.2) is 35.8 Å². The van der Waals surface area contributed by atoms with E-state index in [9.17, 15) is 24.3 Å². The number of aromatic hydroxyl groups is 1. The number of benzene rings is 3. The van der Waals surface area contributed by atoms with Crippen LogP contribution in [0.5, 0.6) is 11.5 Å². The van der Waals surface area contributed by atoms with Crippen molar-refractivity contribution in [2.45, 2.75) is 32.6 Å². The number of phenols is 1. The largest absolute Gasteiger partial charge is 0.503 e. The van der Waals surface area contributed by atoms with Gasteiger partial charge in [-0.15, -0.1) is 0 Å². The number of imide groups is 2. The van der Waals surface area contributed by atoms with E-state index in [2.05, 4.69) is 31.9 Å². The number of halogens is 3. The molecule has 2 heterocycles. The van der Waals surface area contributed by atoms with Crippen LogP contribution in [0.4, 0.5) is 11.4 Å². The third-order valence-corrected chi connectivity index (χ3v) is 13.0. The third kappa shape index (κ3) is 4.22. The molecule has 1 saturated carbocycles. The monoisotopic (exact) mass is 766 g/mol. The fourth-order valence-corrected chi connectivity index (χ4v) is 9.27. The van der Waals surface area contributed by atoms with Gasteiger partial charge in [0, 0.05) is 15.4 Å². The van der Waals surface area contributed by atoms with Crippen molar-refractivity contribution in [1.29, 1.82) is 0 Å². The number of fused-ring (bicyclic) bond motifs is 4. The number of anilines is 2. The highest BCUT2D eigenvalue weighted by Gasteiger charge is 2.68. The molecule has 7 rings (SSSR count). The third-order valence-electron chi connectivity index (χ3n) is 10.4. The zero-order valence-electron chi connectivity index (χ0n) is 25.1. The molecule has 4 amide bonds. The molecule has 0 aromatic heterocycles. The Morgan fingerprint density at radius 3 is 2.30 bits per heavy atom. The van der Waals surface area contributed by atoms with Crippen molar-refractivity contribution in [3.63, 3.8) is 0 Å². The summed E-state index contributed by atoms with van der Waals surface area (Å²) in [5.74, 6) is -4.58. The van der Waals surface area contributed by atoms with E-state index in [1.54, 1.807) is 48.5 Å². The Labute approximate surface area is 287 Å². The first-order valence-corrected chi connectivity index (χ1v) is 16.9. The molecule has 0 spiro atoms. The van der Waals surface area contributed by atoms with Gasteiger partial charge in [0.2, 0.25) is 23.6 Å². The lowest BCUT2D eigenvalue weighted by atomic mass is 9.51. The number of aryl methyl sites for hydroxylation is 1. The van der Waals surface area contributed by atoms with Gasteiger partial charge in [0.1, 0.15) is 0 Å². The lowest BCUT2D eigenvalue weighted by Gasteiger charge is -2.49.